The molecule has 16 heavy (non-hydrogen) atoms. The van der Waals surface area contributed by atoms with Crippen LogP contribution in [0.5, 0.6) is 0 Å². The summed E-state index contributed by atoms with van der Waals surface area (Å²) >= 11 is 1.63. The quantitative estimate of drug-likeness (QED) is 0.697. The van der Waals surface area contributed by atoms with Crippen molar-refractivity contribution in [3.8, 4) is 10.6 Å². The Kier molecular flexibility index (Phi) is 1.94. The lowest BCUT2D eigenvalue weighted by molar-refractivity contribution is 0.889. The molecular formula is C11H9N3OS. The highest BCUT2D eigenvalue weighted by Gasteiger charge is 2.07. The lowest BCUT2D eigenvalue weighted by Crippen LogP contribution is -2.16. The molecule has 0 aromatic carbocycles. The van der Waals surface area contributed by atoms with Crippen LogP contribution < -0.4 is 5.56 Å². The van der Waals surface area contributed by atoms with Gasteiger partial charge >= 0.3 is 0 Å². The minimum Gasteiger partial charge on any atom is -0.288 e. The summed E-state index contributed by atoms with van der Waals surface area (Å²) < 4.78 is 1.48. The fourth-order valence-electron chi connectivity index (χ4n) is 1.61. The predicted molar refractivity (Wildman–Crippen MR) is 63.9 cm³/mol. The Balaban J connectivity index is 2.32. The van der Waals surface area contributed by atoms with E-state index in [2.05, 4.69) is 10.1 Å². The number of aryl methyl sites for hydroxylation is 1. The summed E-state index contributed by atoms with van der Waals surface area (Å²) in [5.41, 5.74) is 2.16. The van der Waals surface area contributed by atoms with E-state index in [1.54, 1.807) is 24.5 Å². The summed E-state index contributed by atoms with van der Waals surface area (Å²) in [4.78, 5) is 17.1. The van der Waals surface area contributed by atoms with Crippen molar-refractivity contribution < 1.29 is 0 Å². The molecule has 0 amide bonds. The predicted octanol–water partition coefficient (Wildman–Crippen LogP) is 2.06. The van der Waals surface area contributed by atoms with Gasteiger partial charge in [0, 0.05) is 17.8 Å². The molecule has 0 aliphatic carbocycles. The molecule has 0 unspecified atom stereocenters. The van der Waals surface area contributed by atoms with Crippen molar-refractivity contribution in [2.45, 2.75) is 6.92 Å². The van der Waals surface area contributed by atoms with Crippen molar-refractivity contribution >= 4 is 17.0 Å². The summed E-state index contributed by atoms with van der Waals surface area (Å²) in [5.74, 6) is 0. The van der Waals surface area contributed by atoms with Gasteiger partial charge in [0.2, 0.25) is 0 Å². The van der Waals surface area contributed by atoms with Gasteiger partial charge in [-0.1, -0.05) is 6.07 Å². The Bertz CT molecular complexity index is 694. The van der Waals surface area contributed by atoms with Gasteiger partial charge in [0.15, 0.2) is 5.65 Å². The van der Waals surface area contributed by atoms with Crippen LogP contribution in [-0.4, -0.2) is 14.6 Å². The minimum atomic E-state index is -0.0483. The highest BCUT2D eigenvalue weighted by molar-refractivity contribution is 7.13. The molecule has 3 aromatic heterocycles. The van der Waals surface area contributed by atoms with Crippen molar-refractivity contribution in [3.63, 3.8) is 0 Å². The van der Waals surface area contributed by atoms with E-state index >= 15 is 0 Å². The van der Waals surface area contributed by atoms with E-state index in [0.717, 1.165) is 10.6 Å². The van der Waals surface area contributed by atoms with Crippen LogP contribution in [0.3, 0.4) is 0 Å². The van der Waals surface area contributed by atoms with Crippen LogP contribution in [-0.2, 0) is 0 Å². The number of nitrogens with zero attached hydrogens (tertiary/aromatic N) is 2. The highest BCUT2D eigenvalue weighted by Crippen LogP contribution is 2.23. The van der Waals surface area contributed by atoms with Gasteiger partial charge in [-0.3, -0.25) is 9.89 Å². The van der Waals surface area contributed by atoms with Crippen LogP contribution in [0.2, 0.25) is 0 Å². The first-order chi connectivity index (χ1) is 7.75. The molecule has 3 heterocycles. The van der Waals surface area contributed by atoms with Gasteiger partial charge in [0.05, 0.1) is 10.6 Å². The summed E-state index contributed by atoms with van der Waals surface area (Å²) in [5, 5.41) is 5.06. The van der Waals surface area contributed by atoms with Crippen molar-refractivity contribution in [3.05, 3.63) is 45.7 Å². The largest absolute Gasteiger partial charge is 0.288 e. The van der Waals surface area contributed by atoms with E-state index in [1.807, 2.05) is 23.6 Å². The zero-order valence-corrected chi connectivity index (χ0v) is 9.41. The maximum Gasteiger partial charge on any atom is 0.275 e. The summed E-state index contributed by atoms with van der Waals surface area (Å²) in [6.45, 7) is 1.76. The number of hydrogen-bond acceptors (Lipinski definition) is 3. The number of aromatic nitrogens is 3. The van der Waals surface area contributed by atoms with Crippen molar-refractivity contribution in [1.82, 2.24) is 14.6 Å². The second kappa shape index (κ2) is 3.31. The smallest absolute Gasteiger partial charge is 0.275 e. The number of aromatic amines is 1. The Hall–Kier alpha value is -1.88. The maximum absolute atomic E-state index is 11.8. The van der Waals surface area contributed by atoms with Crippen molar-refractivity contribution in [2.24, 2.45) is 0 Å². The van der Waals surface area contributed by atoms with Crippen LogP contribution in [0.15, 0.2) is 34.6 Å². The van der Waals surface area contributed by atoms with E-state index < -0.39 is 0 Å². The summed E-state index contributed by atoms with van der Waals surface area (Å²) in [7, 11) is 0. The molecule has 5 heteroatoms. The molecule has 0 bridgehead atoms. The van der Waals surface area contributed by atoms with Crippen molar-refractivity contribution in [2.75, 3.05) is 0 Å². The Morgan fingerprint density at radius 2 is 2.38 bits per heavy atom. The Labute approximate surface area is 95.2 Å². The second-order valence-corrected chi connectivity index (χ2v) is 4.53. The number of fused-ring (bicyclic) bond motifs is 1. The van der Waals surface area contributed by atoms with Crippen LogP contribution in [0.4, 0.5) is 0 Å². The fourth-order valence-corrected chi connectivity index (χ4v) is 2.30. The molecule has 0 aliphatic heterocycles. The number of H-pyrrole nitrogens is 1. The number of hydrogen-bond donors (Lipinski definition) is 1. The van der Waals surface area contributed by atoms with Gasteiger partial charge in [-0.05, 0) is 18.4 Å². The first-order valence-electron chi connectivity index (χ1n) is 4.87. The first kappa shape index (κ1) is 9.35. The standard InChI is InChI=1S/C11H9N3OS/c1-7-6-12-10-5-8(9-3-2-4-16-9)13-14(10)11(7)15/h2-6,13H,1H3. The van der Waals surface area contributed by atoms with Crippen LogP contribution in [0, 0.1) is 6.92 Å². The molecule has 0 saturated heterocycles. The molecule has 4 nitrogen and oxygen atoms in total. The summed E-state index contributed by atoms with van der Waals surface area (Å²) in [6, 6.07) is 5.87. The molecule has 1 N–H and O–H groups in total. The van der Waals surface area contributed by atoms with E-state index in [1.165, 1.54) is 4.52 Å². The zero-order valence-electron chi connectivity index (χ0n) is 8.60. The lowest BCUT2D eigenvalue weighted by atomic mass is 10.3. The molecule has 0 radical (unpaired) electrons. The first-order valence-corrected chi connectivity index (χ1v) is 5.75. The third-order valence-corrected chi connectivity index (χ3v) is 3.36. The van der Waals surface area contributed by atoms with Gasteiger partial charge in [-0.2, -0.15) is 0 Å². The fraction of sp³-hybridized carbons (Fsp3) is 0.0909. The SMILES string of the molecule is Cc1cnc2cc(-c3cccs3)[nH]n2c1=O. The van der Waals surface area contributed by atoms with Gasteiger partial charge in [-0.15, -0.1) is 11.3 Å². The zero-order chi connectivity index (χ0) is 11.1. The van der Waals surface area contributed by atoms with Crippen molar-refractivity contribution in [1.29, 1.82) is 0 Å². The second-order valence-electron chi connectivity index (χ2n) is 3.59. The molecule has 0 fully saturated rings. The van der Waals surface area contributed by atoms with Crippen LogP contribution in [0.1, 0.15) is 5.56 Å². The van der Waals surface area contributed by atoms with E-state index in [0.29, 0.717) is 11.2 Å². The third kappa shape index (κ3) is 1.29. The molecule has 3 aromatic rings. The third-order valence-electron chi connectivity index (χ3n) is 2.45. The average molecular weight is 231 g/mol. The number of thiophene rings is 1. The van der Waals surface area contributed by atoms with Crippen LogP contribution >= 0.6 is 11.3 Å². The molecule has 0 spiro atoms. The van der Waals surface area contributed by atoms with E-state index in [4.69, 9.17) is 0 Å². The molecule has 0 aliphatic rings. The van der Waals surface area contributed by atoms with E-state index in [-0.39, 0.29) is 5.56 Å². The minimum absolute atomic E-state index is 0.0483. The summed E-state index contributed by atoms with van der Waals surface area (Å²) in [6.07, 6.45) is 1.60. The monoisotopic (exact) mass is 231 g/mol. The topological polar surface area (TPSA) is 50.2 Å². The molecule has 0 saturated carbocycles. The molecule has 3 rings (SSSR count). The Morgan fingerprint density at radius 1 is 1.50 bits per heavy atom. The molecular weight excluding hydrogens is 222 g/mol. The maximum atomic E-state index is 11.8. The average Bonchev–Trinajstić information content (AvgIpc) is 2.91. The van der Waals surface area contributed by atoms with Gasteiger partial charge in [0.25, 0.3) is 5.56 Å². The number of rotatable bonds is 1. The normalized spacial score (nSPS) is 11.1. The van der Waals surface area contributed by atoms with Gasteiger partial charge in [0.1, 0.15) is 0 Å². The molecule has 80 valence electrons. The van der Waals surface area contributed by atoms with Gasteiger partial charge in [-0.25, -0.2) is 9.50 Å². The highest BCUT2D eigenvalue weighted by atomic mass is 32.1. The van der Waals surface area contributed by atoms with E-state index in [9.17, 15) is 4.79 Å². The number of nitrogens with one attached hydrogen (secondary N) is 1. The molecule has 0 atom stereocenters. The Morgan fingerprint density at radius 3 is 3.12 bits per heavy atom. The lowest BCUT2D eigenvalue weighted by Gasteiger charge is -1.93. The van der Waals surface area contributed by atoms with Crippen LogP contribution in [0.25, 0.3) is 16.2 Å². The van der Waals surface area contributed by atoms with Gasteiger partial charge < -0.3 is 0 Å².